The van der Waals surface area contributed by atoms with E-state index in [2.05, 4.69) is 6.58 Å². The zero-order valence-corrected chi connectivity index (χ0v) is 7.78. The van der Waals surface area contributed by atoms with Crippen molar-refractivity contribution in [3.8, 4) is 0 Å². The van der Waals surface area contributed by atoms with Gasteiger partial charge in [-0.3, -0.25) is 0 Å². The fourth-order valence-corrected chi connectivity index (χ4v) is 1.44. The van der Waals surface area contributed by atoms with Crippen LogP contribution in [0.1, 0.15) is 39.0 Å². The van der Waals surface area contributed by atoms with Gasteiger partial charge in [0.2, 0.25) is 0 Å². The smallest absolute Gasteiger partial charge is 0.121 e. The van der Waals surface area contributed by atoms with Gasteiger partial charge in [-0.05, 0) is 37.7 Å². The summed E-state index contributed by atoms with van der Waals surface area (Å²) in [7, 11) is 0. The van der Waals surface area contributed by atoms with Crippen LogP contribution in [0.3, 0.4) is 0 Å². The molecule has 1 aliphatic rings. The highest BCUT2D eigenvalue weighted by Crippen LogP contribution is 2.36. The molecule has 0 aromatic heterocycles. The third-order valence-electron chi connectivity index (χ3n) is 2.31. The predicted molar refractivity (Wildman–Crippen MR) is 50.9 cm³/mol. The van der Waals surface area contributed by atoms with Crippen LogP contribution < -0.4 is 0 Å². The van der Waals surface area contributed by atoms with Crippen molar-refractivity contribution in [1.82, 2.24) is 0 Å². The summed E-state index contributed by atoms with van der Waals surface area (Å²) in [5.74, 6) is 0. The number of halogens is 1. The van der Waals surface area contributed by atoms with Crippen molar-refractivity contribution < 1.29 is 4.39 Å². The second-order valence-electron chi connectivity index (χ2n) is 3.33. The van der Waals surface area contributed by atoms with Crippen LogP contribution in [-0.2, 0) is 0 Å². The number of hydrogen-bond donors (Lipinski definition) is 0. The molecule has 12 heavy (non-hydrogen) atoms. The van der Waals surface area contributed by atoms with E-state index in [1.54, 1.807) is 0 Å². The first-order valence-corrected chi connectivity index (χ1v) is 4.75. The predicted octanol–water partition coefficient (Wildman–Crippen LogP) is 3.79. The van der Waals surface area contributed by atoms with Crippen LogP contribution in [0.5, 0.6) is 0 Å². The number of allylic oxidation sites excluding steroid dienone is 3. The van der Waals surface area contributed by atoms with E-state index in [1.807, 2.05) is 13.0 Å². The van der Waals surface area contributed by atoms with Gasteiger partial charge in [0, 0.05) is 0 Å². The first-order chi connectivity index (χ1) is 5.79. The number of alkyl halides is 1. The lowest BCUT2D eigenvalue weighted by molar-refractivity contribution is 0.363. The summed E-state index contributed by atoms with van der Waals surface area (Å²) < 4.78 is 13.3. The molecule has 0 heterocycles. The highest BCUT2D eigenvalue weighted by Gasteiger charge is 2.22. The van der Waals surface area contributed by atoms with E-state index in [9.17, 15) is 4.39 Å². The molecule has 1 fully saturated rings. The molecule has 1 rings (SSSR count). The van der Waals surface area contributed by atoms with Gasteiger partial charge in [0.05, 0.1) is 0 Å². The number of rotatable bonds is 5. The van der Waals surface area contributed by atoms with Crippen molar-refractivity contribution in [2.24, 2.45) is 0 Å². The molecule has 0 N–H and O–H groups in total. The standard InChI is InChI=1S/C11H17F/c1-3-5-6-10(9-7-8-9)11(12)4-2/h3,11H,1,4-8H2,2H3. The Kier molecular flexibility index (Phi) is 3.51. The molecule has 1 saturated carbocycles. The average Bonchev–Trinajstić information content (AvgIpc) is 2.88. The highest BCUT2D eigenvalue weighted by atomic mass is 19.1. The van der Waals surface area contributed by atoms with Crippen molar-refractivity contribution in [1.29, 1.82) is 0 Å². The summed E-state index contributed by atoms with van der Waals surface area (Å²) in [6.45, 7) is 5.56. The summed E-state index contributed by atoms with van der Waals surface area (Å²) in [4.78, 5) is 0. The Hall–Kier alpha value is -0.590. The summed E-state index contributed by atoms with van der Waals surface area (Å²) in [5.41, 5.74) is 2.43. The molecule has 0 nitrogen and oxygen atoms in total. The minimum atomic E-state index is -0.692. The molecule has 0 aromatic rings. The van der Waals surface area contributed by atoms with E-state index in [0.29, 0.717) is 6.42 Å². The van der Waals surface area contributed by atoms with Crippen molar-refractivity contribution >= 4 is 0 Å². The molecule has 0 aliphatic heterocycles. The topological polar surface area (TPSA) is 0 Å². The van der Waals surface area contributed by atoms with Crippen LogP contribution >= 0.6 is 0 Å². The van der Waals surface area contributed by atoms with E-state index in [4.69, 9.17) is 0 Å². The third-order valence-corrected chi connectivity index (χ3v) is 2.31. The first kappa shape index (κ1) is 9.50. The summed E-state index contributed by atoms with van der Waals surface area (Å²) in [5, 5.41) is 0. The minimum absolute atomic E-state index is 0.621. The van der Waals surface area contributed by atoms with E-state index in [-0.39, 0.29) is 0 Å². The van der Waals surface area contributed by atoms with Crippen molar-refractivity contribution in [2.45, 2.75) is 45.2 Å². The zero-order chi connectivity index (χ0) is 8.97. The molecule has 0 amide bonds. The maximum atomic E-state index is 13.3. The second kappa shape index (κ2) is 4.44. The number of hydrogen-bond acceptors (Lipinski definition) is 0. The summed E-state index contributed by atoms with van der Waals surface area (Å²) in [6, 6.07) is 0. The molecule has 1 aliphatic carbocycles. The lowest BCUT2D eigenvalue weighted by Crippen LogP contribution is -2.02. The van der Waals surface area contributed by atoms with Crippen LogP contribution in [0.4, 0.5) is 4.39 Å². The molecule has 1 heteroatoms. The minimum Gasteiger partial charge on any atom is -0.243 e. The highest BCUT2D eigenvalue weighted by molar-refractivity contribution is 5.28. The Morgan fingerprint density at radius 2 is 2.33 bits per heavy atom. The molecule has 68 valence electrons. The van der Waals surface area contributed by atoms with Crippen LogP contribution in [0.15, 0.2) is 23.8 Å². The van der Waals surface area contributed by atoms with Crippen molar-refractivity contribution in [2.75, 3.05) is 0 Å². The fraction of sp³-hybridized carbons (Fsp3) is 0.636. The summed E-state index contributed by atoms with van der Waals surface area (Å²) >= 11 is 0. The van der Waals surface area contributed by atoms with Gasteiger partial charge in [-0.1, -0.05) is 18.6 Å². The van der Waals surface area contributed by atoms with Crippen LogP contribution in [0.25, 0.3) is 0 Å². The third kappa shape index (κ3) is 2.47. The lowest BCUT2D eigenvalue weighted by atomic mass is 10.0. The maximum absolute atomic E-state index is 13.3. The van der Waals surface area contributed by atoms with E-state index in [0.717, 1.165) is 31.3 Å². The Balaban J connectivity index is 2.50. The molecule has 0 radical (unpaired) electrons. The second-order valence-corrected chi connectivity index (χ2v) is 3.33. The van der Waals surface area contributed by atoms with Crippen LogP contribution in [0.2, 0.25) is 0 Å². The van der Waals surface area contributed by atoms with E-state index < -0.39 is 6.17 Å². The quantitative estimate of drug-likeness (QED) is 0.548. The Morgan fingerprint density at radius 3 is 2.75 bits per heavy atom. The first-order valence-electron chi connectivity index (χ1n) is 4.75. The van der Waals surface area contributed by atoms with Crippen molar-refractivity contribution in [3.05, 3.63) is 23.8 Å². The molecule has 0 saturated heterocycles. The maximum Gasteiger partial charge on any atom is 0.121 e. The van der Waals surface area contributed by atoms with Gasteiger partial charge in [-0.2, -0.15) is 0 Å². The Morgan fingerprint density at radius 1 is 1.67 bits per heavy atom. The van der Waals surface area contributed by atoms with E-state index in [1.165, 1.54) is 5.57 Å². The lowest BCUT2D eigenvalue weighted by Gasteiger charge is -2.09. The van der Waals surface area contributed by atoms with E-state index >= 15 is 0 Å². The monoisotopic (exact) mass is 168 g/mol. The SMILES string of the molecule is C=CCCC(=C1CC1)C(F)CC. The zero-order valence-electron chi connectivity index (χ0n) is 7.78. The van der Waals surface area contributed by atoms with Crippen LogP contribution in [0, 0.1) is 0 Å². The van der Waals surface area contributed by atoms with Crippen LogP contribution in [-0.4, -0.2) is 6.17 Å². The fourth-order valence-electron chi connectivity index (χ4n) is 1.44. The molecule has 0 spiro atoms. The molecular formula is C11H17F. The average molecular weight is 168 g/mol. The molecule has 0 aromatic carbocycles. The van der Waals surface area contributed by atoms with Gasteiger partial charge in [0.15, 0.2) is 0 Å². The molecule has 1 unspecified atom stereocenters. The van der Waals surface area contributed by atoms with Gasteiger partial charge in [0.25, 0.3) is 0 Å². The Labute approximate surface area is 74.2 Å². The van der Waals surface area contributed by atoms with Gasteiger partial charge in [-0.15, -0.1) is 6.58 Å². The van der Waals surface area contributed by atoms with Gasteiger partial charge < -0.3 is 0 Å². The molecular weight excluding hydrogens is 151 g/mol. The Bertz CT molecular complexity index is 185. The van der Waals surface area contributed by atoms with Gasteiger partial charge in [-0.25, -0.2) is 4.39 Å². The summed E-state index contributed by atoms with van der Waals surface area (Å²) in [6.07, 6.45) is 5.86. The largest absolute Gasteiger partial charge is 0.243 e. The van der Waals surface area contributed by atoms with Crippen molar-refractivity contribution in [3.63, 3.8) is 0 Å². The normalized spacial score (nSPS) is 17.3. The molecule has 1 atom stereocenters. The van der Waals surface area contributed by atoms with Gasteiger partial charge in [0.1, 0.15) is 6.17 Å². The molecule has 0 bridgehead atoms. The van der Waals surface area contributed by atoms with Gasteiger partial charge >= 0.3 is 0 Å².